The molecule has 4 nitrogen and oxygen atoms in total. The summed E-state index contributed by atoms with van der Waals surface area (Å²) in [5, 5.41) is 2.93. The van der Waals surface area contributed by atoms with Gasteiger partial charge in [-0.3, -0.25) is 10.1 Å². The van der Waals surface area contributed by atoms with E-state index in [2.05, 4.69) is 24.1 Å². The van der Waals surface area contributed by atoms with E-state index in [1.165, 1.54) is 6.07 Å². The Morgan fingerprint density at radius 3 is 2.40 bits per heavy atom. The molecule has 6 heteroatoms. The van der Waals surface area contributed by atoms with Crippen molar-refractivity contribution in [3.8, 4) is 0 Å². The minimum atomic E-state index is -0.923. The van der Waals surface area contributed by atoms with Crippen molar-refractivity contribution in [2.75, 3.05) is 5.32 Å². The first kappa shape index (κ1) is 16.5. The summed E-state index contributed by atoms with van der Waals surface area (Å²) in [4.78, 5) is 17.1. The van der Waals surface area contributed by atoms with Crippen LogP contribution in [0.3, 0.4) is 0 Å². The molecule has 1 atom stereocenters. The third-order valence-electron chi connectivity index (χ3n) is 6.38. The second-order valence-electron chi connectivity index (χ2n) is 8.24. The Bertz CT molecular complexity index is 865. The summed E-state index contributed by atoms with van der Waals surface area (Å²) in [5.74, 6) is -1.63. The quantitative estimate of drug-likeness (QED) is 0.879. The number of nitrogens with one attached hydrogen (secondary N) is 1. The highest BCUT2D eigenvalue weighted by molar-refractivity contribution is 5.93. The van der Waals surface area contributed by atoms with Crippen molar-refractivity contribution in [1.82, 2.24) is 9.55 Å². The lowest BCUT2D eigenvalue weighted by Gasteiger charge is -2.41. The first-order chi connectivity index (χ1) is 11.7. The number of carbonyl (C=O) groups is 1. The minimum Gasteiger partial charge on any atom is -0.304 e. The summed E-state index contributed by atoms with van der Waals surface area (Å²) in [7, 11) is 0. The van der Waals surface area contributed by atoms with Gasteiger partial charge in [0.25, 0.3) is 0 Å². The van der Waals surface area contributed by atoms with Gasteiger partial charge in [-0.05, 0) is 44.4 Å². The minimum absolute atomic E-state index is 0.0551. The van der Waals surface area contributed by atoms with Gasteiger partial charge in [0.2, 0.25) is 11.9 Å². The zero-order chi connectivity index (χ0) is 18.0. The molecule has 0 saturated heterocycles. The van der Waals surface area contributed by atoms with Crippen LogP contribution in [0, 0.1) is 23.0 Å². The van der Waals surface area contributed by atoms with Gasteiger partial charge in [0.1, 0.15) is 0 Å². The summed E-state index contributed by atoms with van der Waals surface area (Å²) >= 11 is 0. The standard InChI is InChI=1S/C19H23F2N3O/c1-11(18(2)7-8-18)16(25)23-17-22-14-9-12(20)13(21)10-15(14)24(17)19(3)5-4-6-19/h9-11H,4-8H2,1-3H3,(H,22,23,25). The van der Waals surface area contributed by atoms with E-state index in [9.17, 15) is 13.6 Å². The van der Waals surface area contributed by atoms with Gasteiger partial charge in [0.15, 0.2) is 11.6 Å². The third kappa shape index (κ3) is 2.53. The number of nitrogens with zero attached hydrogens (tertiary/aromatic N) is 2. The van der Waals surface area contributed by atoms with E-state index in [1.54, 1.807) is 0 Å². The number of imidazole rings is 1. The number of hydrogen-bond donors (Lipinski definition) is 1. The number of hydrogen-bond acceptors (Lipinski definition) is 2. The van der Waals surface area contributed by atoms with Gasteiger partial charge < -0.3 is 4.57 Å². The fourth-order valence-electron chi connectivity index (χ4n) is 3.78. The van der Waals surface area contributed by atoms with Crippen molar-refractivity contribution in [1.29, 1.82) is 0 Å². The lowest BCUT2D eigenvalue weighted by molar-refractivity contribution is -0.121. The zero-order valence-corrected chi connectivity index (χ0v) is 14.8. The van der Waals surface area contributed by atoms with Gasteiger partial charge in [-0.2, -0.15) is 0 Å². The molecule has 0 spiro atoms. The Morgan fingerprint density at radius 2 is 1.84 bits per heavy atom. The van der Waals surface area contributed by atoms with Gasteiger partial charge in [0, 0.05) is 23.6 Å². The number of benzene rings is 1. The predicted molar refractivity (Wildman–Crippen MR) is 92.3 cm³/mol. The van der Waals surface area contributed by atoms with Gasteiger partial charge in [-0.15, -0.1) is 0 Å². The van der Waals surface area contributed by atoms with Crippen molar-refractivity contribution >= 4 is 22.9 Å². The monoisotopic (exact) mass is 347 g/mol. The Balaban J connectivity index is 1.77. The molecule has 1 aromatic carbocycles. The third-order valence-corrected chi connectivity index (χ3v) is 6.38. The van der Waals surface area contributed by atoms with Gasteiger partial charge in [-0.1, -0.05) is 13.8 Å². The summed E-state index contributed by atoms with van der Waals surface area (Å²) in [6.45, 7) is 6.11. The van der Waals surface area contributed by atoms with Crippen LogP contribution in [0.4, 0.5) is 14.7 Å². The smallest absolute Gasteiger partial charge is 0.230 e. The SMILES string of the molecule is CC(C(=O)Nc1nc2cc(F)c(F)cc2n1C1(C)CCC1)C1(C)CC1. The molecule has 0 radical (unpaired) electrons. The maximum absolute atomic E-state index is 13.8. The molecule has 0 aliphatic heterocycles. The summed E-state index contributed by atoms with van der Waals surface area (Å²) in [6.07, 6.45) is 5.02. The first-order valence-electron chi connectivity index (χ1n) is 8.92. The fourth-order valence-corrected chi connectivity index (χ4v) is 3.78. The molecular formula is C19H23F2N3O. The number of carbonyl (C=O) groups excluding carboxylic acids is 1. The van der Waals surface area contributed by atoms with E-state index >= 15 is 0 Å². The molecule has 2 aliphatic carbocycles. The van der Waals surface area contributed by atoms with E-state index < -0.39 is 11.6 Å². The van der Waals surface area contributed by atoms with Crippen LogP contribution in [0.1, 0.15) is 52.9 Å². The largest absolute Gasteiger partial charge is 0.304 e. The van der Waals surface area contributed by atoms with Crippen LogP contribution in [0.5, 0.6) is 0 Å². The number of fused-ring (bicyclic) bond motifs is 1. The van der Waals surface area contributed by atoms with E-state index in [1.807, 2.05) is 11.5 Å². The number of aromatic nitrogens is 2. The van der Waals surface area contributed by atoms with E-state index in [-0.39, 0.29) is 22.8 Å². The molecule has 4 rings (SSSR count). The van der Waals surface area contributed by atoms with Crippen LogP contribution >= 0.6 is 0 Å². The maximum atomic E-state index is 13.8. The second-order valence-corrected chi connectivity index (χ2v) is 8.24. The summed E-state index contributed by atoms with van der Waals surface area (Å²) in [5.41, 5.74) is 0.725. The maximum Gasteiger partial charge on any atom is 0.230 e. The van der Waals surface area contributed by atoms with E-state index in [0.717, 1.165) is 38.2 Å². The lowest BCUT2D eigenvalue weighted by atomic mass is 9.78. The molecule has 25 heavy (non-hydrogen) atoms. The second kappa shape index (κ2) is 5.26. The van der Waals surface area contributed by atoms with Crippen LogP contribution in [0.15, 0.2) is 12.1 Å². The highest BCUT2D eigenvalue weighted by Gasteiger charge is 2.46. The molecule has 1 N–H and O–H groups in total. The Hall–Kier alpha value is -1.98. The molecule has 0 bridgehead atoms. The topological polar surface area (TPSA) is 46.9 Å². The van der Waals surface area contributed by atoms with Gasteiger partial charge in [-0.25, -0.2) is 13.8 Å². The van der Waals surface area contributed by atoms with Crippen molar-refractivity contribution in [3.63, 3.8) is 0 Å². The molecule has 1 heterocycles. The predicted octanol–water partition coefficient (Wildman–Crippen LogP) is 4.59. The van der Waals surface area contributed by atoms with Gasteiger partial charge in [0.05, 0.1) is 11.0 Å². The molecule has 1 aromatic heterocycles. The highest BCUT2D eigenvalue weighted by atomic mass is 19.2. The molecule has 134 valence electrons. The summed E-state index contributed by atoms with van der Waals surface area (Å²) in [6, 6.07) is 2.28. The number of rotatable bonds is 4. The molecule has 1 unspecified atom stereocenters. The van der Waals surface area contributed by atoms with Crippen molar-refractivity contribution in [2.45, 2.75) is 58.4 Å². The van der Waals surface area contributed by atoms with Crippen molar-refractivity contribution in [3.05, 3.63) is 23.8 Å². The van der Waals surface area contributed by atoms with Crippen LogP contribution in [-0.4, -0.2) is 15.5 Å². The van der Waals surface area contributed by atoms with Crippen LogP contribution in [0.2, 0.25) is 0 Å². The highest BCUT2D eigenvalue weighted by Crippen LogP contribution is 2.51. The zero-order valence-electron chi connectivity index (χ0n) is 14.8. The van der Waals surface area contributed by atoms with Crippen LogP contribution in [-0.2, 0) is 10.3 Å². The molecular weight excluding hydrogens is 324 g/mol. The molecule has 2 saturated carbocycles. The number of anilines is 1. The van der Waals surface area contributed by atoms with Crippen molar-refractivity contribution < 1.29 is 13.6 Å². The lowest BCUT2D eigenvalue weighted by Crippen LogP contribution is -2.39. The van der Waals surface area contributed by atoms with Crippen molar-refractivity contribution in [2.24, 2.45) is 11.3 Å². The molecule has 2 aromatic rings. The molecule has 2 aliphatic rings. The Labute approximate surface area is 145 Å². The van der Waals surface area contributed by atoms with Crippen LogP contribution < -0.4 is 5.32 Å². The van der Waals surface area contributed by atoms with E-state index in [4.69, 9.17) is 0 Å². The molecule has 2 fully saturated rings. The van der Waals surface area contributed by atoms with Crippen LogP contribution in [0.25, 0.3) is 11.0 Å². The van der Waals surface area contributed by atoms with E-state index in [0.29, 0.717) is 17.0 Å². The normalized spacial score (nSPS) is 21.6. The number of amides is 1. The Morgan fingerprint density at radius 1 is 1.20 bits per heavy atom. The molecule has 1 amide bonds. The first-order valence-corrected chi connectivity index (χ1v) is 8.92. The fraction of sp³-hybridized carbons (Fsp3) is 0.579. The average molecular weight is 347 g/mol. The van der Waals surface area contributed by atoms with Gasteiger partial charge >= 0.3 is 0 Å². The Kier molecular flexibility index (Phi) is 3.47. The number of halogens is 2. The average Bonchev–Trinajstić information content (AvgIpc) is 3.19. The summed E-state index contributed by atoms with van der Waals surface area (Å²) < 4.78 is 29.3.